The maximum Gasteiger partial charge on any atom is 0.251 e. The summed E-state index contributed by atoms with van der Waals surface area (Å²) in [4.78, 5) is 28.8. The number of guanidine groups is 1. The van der Waals surface area contributed by atoms with E-state index in [4.69, 9.17) is 14.9 Å². The van der Waals surface area contributed by atoms with Gasteiger partial charge in [0.15, 0.2) is 5.96 Å². The summed E-state index contributed by atoms with van der Waals surface area (Å²) in [5.74, 6) is 1.38. The van der Waals surface area contributed by atoms with Gasteiger partial charge in [0, 0.05) is 35.1 Å². The fourth-order valence-corrected chi connectivity index (χ4v) is 6.57. The van der Waals surface area contributed by atoms with E-state index in [1.807, 2.05) is 32.0 Å². The van der Waals surface area contributed by atoms with E-state index in [-0.39, 0.29) is 29.9 Å². The van der Waals surface area contributed by atoms with Crippen molar-refractivity contribution in [1.29, 1.82) is 5.41 Å². The van der Waals surface area contributed by atoms with Crippen LogP contribution in [0.4, 0.5) is 0 Å². The van der Waals surface area contributed by atoms with Crippen LogP contribution < -0.4 is 20.1 Å². The van der Waals surface area contributed by atoms with Crippen molar-refractivity contribution in [2.75, 3.05) is 6.61 Å². The molecule has 1 saturated heterocycles. The van der Waals surface area contributed by atoms with Gasteiger partial charge < -0.3 is 20.1 Å². The van der Waals surface area contributed by atoms with Crippen LogP contribution in [0, 0.1) is 5.41 Å². The number of nitrogens with zero attached hydrogens (tertiary/aromatic N) is 1. The molecule has 5 aliphatic heterocycles. The summed E-state index contributed by atoms with van der Waals surface area (Å²) in [5, 5.41) is 15.6. The number of rotatable bonds is 1. The molecule has 0 radical (unpaired) electrons. The summed E-state index contributed by atoms with van der Waals surface area (Å²) in [6.07, 6.45) is 4.85. The molecule has 200 valence electrons. The average Bonchev–Trinajstić information content (AvgIpc) is 2.87. The van der Waals surface area contributed by atoms with Gasteiger partial charge in [0.05, 0.1) is 25.1 Å². The van der Waals surface area contributed by atoms with Crippen molar-refractivity contribution >= 4 is 17.8 Å². The largest absolute Gasteiger partial charge is 0.493 e. The van der Waals surface area contributed by atoms with Gasteiger partial charge in [-0.1, -0.05) is 19.1 Å². The van der Waals surface area contributed by atoms with Crippen LogP contribution in [0.1, 0.15) is 98.4 Å². The molecule has 1 fully saturated rings. The molecule has 6 bridgehead atoms. The lowest BCUT2D eigenvalue weighted by Gasteiger charge is -2.46. The summed E-state index contributed by atoms with van der Waals surface area (Å²) < 4.78 is 12.2. The smallest absolute Gasteiger partial charge is 0.251 e. The van der Waals surface area contributed by atoms with Gasteiger partial charge in [-0.25, -0.2) is 0 Å². The minimum absolute atomic E-state index is 0.0513. The molecule has 0 saturated carbocycles. The molecule has 2 aromatic carbocycles. The normalized spacial score (nSPS) is 28.0. The van der Waals surface area contributed by atoms with E-state index in [2.05, 4.69) is 29.7 Å². The van der Waals surface area contributed by atoms with Crippen LogP contribution >= 0.6 is 0 Å². The zero-order valence-corrected chi connectivity index (χ0v) is 22.4. The molecule has 38 heavy (non-hydrogen) atoms. The number of amides is 2. The highest BCUT2D eigenvalue weighted by Gasteiger charge is 2.44. The van der Waals surface area contributed by atoms with Gasteiger partial charge in [0.1, 0.15) is 17.1 Å². The van der Waals surface area contributed by atoms with Gasteiger partial charge in [-0.05, 0) is 69.4 Å². The molecule has 0 unspecified atom stereocenters. The molecule has 2 amide bonds. The lowest BCUT2D eigenvalue weighted by Crippen LogP contribution is -2.63. The Kier molecular flexibility index (Phi) is 5.89. The molecule has 5 aliphatic rings. The second-order valence-electron chi connectivity index (χ2n) is 11.8. The van der Waals surface area contributed by atoms with Crippen LogP contribution in [0.15, 0.2) is 36.4 Å². The third-order valence-corrected chi connectivity index (χ3v) is 8.61. The minimum Gasteiger partial charge on any atom is -0.493 e. The van der Waals surface area contributed by atoms with Gasteiger partial charge >= 0.3 is 0 Å². The lowest BCUT2D eigenvalue weighted by molar-refractivity contribution is -0.133. The Hall–Kier alpha value is -3.55. The van der Waals surface area contributed by atoms with Gasteiger partial charge in [0.25, 0.3) is 5.91 Å². The van der Waals surface area contributed by atoms with Crippen molar-refractivity contribution in [3.63, 3.8) is 0 Å². The first-order valence-electron chi connectivity index (χ1n) is 13.8. The van der Waals surface area contributed by atoms with Crippen LogP contribution in [-0.2, 0) is 11.2 Å². The first kappa shape index (κ1) is 24.8. The summed E-state index contributed by atoms with van der Waals surface area (Å²) >= 11 is 0. The molecule has 8 nitrogen and oxygen atoms in total. The Morgan fingerprint density at radius 2 is 1.92 bits per heavy atom. The average molecular weight is 517 g/mol. The van der Waals surface area contributed by atoms with E-state index in [0.717, 1.165) is 42.6 Å². The van der Waals surface area contributed by atoms with E-state index in [9.17, 15) is 9.59 Å². The molecule has 8 heteroatoms. The summed E-state index contributed by atoms with van der Waals surface area (Å²) in [7, 11) is 0. The minimum atomic E-state index is -0.435. The standard InChI is InChI=1S/C30H36N4O4/c1-4-30-12-5-6-18-7-9-25-20(14-18)22(16-29(2,3)38-25)32-27(36)19-8-10-24-21(15-19)23(11-13-37-24)34(26(35)17-30)28(31)33-30/h7-10,14-15,22-23H,4-6,11-13,16-17H2,1-3H3,(H2,31,33)(H,32,36)/t22-,23+,30+/m0/s1. The fraction of sp³-hybridized carbons (Fsp3) is 0.500. The Morgan fingerprint density at radius 3 is 2.71 bits per heavy atom. The van der Waals surface area contributed by atoms with E-state index < -0.39 is 11.1 Å². The Bertz CT molecular complexity index is 1300. The number of carbonyl (C=O) groups excluding carboxylic acids is 2. The van der Waals surface area contributed by atoms with Crippen LogP contribution in [0.3, 0.4) is 0 Å². The summed E-state index contributed by atoms with van der Waals surface area (Å²) in [6, 6.07) is 11.2. The topological polar surface area (TPSA) is 104 Å². The van der Waals surface area contributed by atoms with Crippen molar-refractivity contribution in [2.45, 2.75) is 88.9 Å². The van der Waals surface area contributed by atoms with Gasteiger partial charge in [-0.3, -0.25) is 19.9 Å². The van der Waals surface area contributed by atoms with Gasteiger partial charge in [-0.15, -0.1) is 0 Å². The monoisotopic (exact) mass is 516 g/mol. The van der Waals surface area contributed by atoms with Crippen molar-refractivity contribution in [1.82, 2.24) is 15.5 Å². The maximum absolute atomic E-state index is 13.6. The third-order valence-electron chi connectivity index (χ3n) is 8.61. The van der Waals surface area contributed by atoms with Crippen LogP contribution in [0.5, 0.6) is 11.5 Å². The van der Waals surface area contributed by atoms with Crippen LogP contribution in [-0.4, -0.2) is 40.4 Å². The fourth-order valence-electron chi connectivity index (χ4n) is 6.57. The van der Waals surface area contributed by atoms with Gasteiger partial charge in [0.2, 0.25) is 5.91 Å². The highest BCUT2D eigenvalue weighted by atomic mass is 16.5. The first-order chi connectivity index (χ1) is 18.2. The van der Waals surface area contributed by atoms with E-state index in [0.29, 0.717) is 37.2 Å². The van der Waals surface area contributed by atoms with Crippen molar-refractivity contribution in [3.05, 3.63) is 58.7 Å². The molecule has 0 aliphatic carbocycles. The van der Waals surface area contributed by atoms with Crippen molar-refractivity contribution in [2.24, 2.45) is 0 Å². The second kappa shape index (κ2) is 9.03. The summed E-state index contributed by atoms with van der Waals surface area (Å²) in [6.45, 7) is 6.63. The third kappa shape index (κ3) is 4.29. The predicted molar refractivity (Wildman–Crippen MR) is 144 cm³/mol. The molecular weight excluding hydrogens is 480 g/mol. The van der Waals surface area contributed by atoms with Crippen molar-refractivity contribution < 1.29 is 19.1 Å². The first-order valence-corrected chi connectivity index (χ1v) is 13.8. The number of fused-ring (bicyclic) bond motifs is 5. The van der Waals surface area contributed by atoms with E-state index in [1.54, 1.807) is 11.0 Å². The quantitative estimate of drug-likeness (QED) is 0.506. The Balaban J connectivity index is 1.45. The molecule has 7 rings (SSSR count). The molecule has 3 atom stereocenters. The van der Waals surface area contributed by atoms with Crippen LogP contribution in [0.2, 0.25) is 0 Å². The predicted octanol–water partition coefficient (Wildman–Crippen LogP) is 4.78. The highest BCUT2D eigenvalue weighted by molar-refractivity contribution is 6.00. The van der Waals surface area contributed by atoms with Crippen LogP contribution in [0.25, 0.3) is 0 Å². The number of hydrogen-bond donors (Lipinski definition) is 3. The maximum atomic E-state index is 13.6. The zero-order valence-electron chi connectivity index (χ0n) is 22.4. The molecule has 2 aromatic rings. The number of carbonyl (C=O) groups is 2. The van der Waals surface area contributed by atoms with E-state index >= 15 is 0 Å². The lowest BCUT2D eigenvalue weighted by atomic mass is 9.82. The SMILES string of the molecule is CC[C@]12CCCc3ccc4c(c3)[C@H](CC(C)(C)O4)NC(=O)c3ccc4c(c3)[C@@H](CCO4)N(C(=N)N1)C(=O)C2. The number of aryl methyl sites for hydroxylation is 1. The van der Waals surface area contributed by atoms with Crippen molar-refractivity contribution in [3.8, 4) is 11.5 Å². The number of benzene rings is 2. The molecule has 0 aromatic heterocycles. The number of nitrogens with one attached hydrogen (secondary N) is 3. The molecule has 0 spiro atoms. The Labute approximate surface area is 223 Å². The highest BCUT2D eigenvalue weighted by Crippen LogP contribution is 2.42. The Morgan fingerprint density at radius 1 is 1.11 bits per heavy atom. The zero-order chi connectivity index (χ0) is 26.7. The van der Waals surface area contributed by atoms with Gasteiger partial charge in [-0.2, -0.15) is 0 Å². The van der Waals surface area contributed by atoms with E-state index in [1.165, 1.54) is 5.56 Å². The second-order valence-corrected chi connectivity index (χ2v) is 11.8. The summed E-state index contributed by atoms with van der Waals surface area (Å²) in [5.41, 5.74) is 2.62. The molecule has 3 N–H and O–H groups in total. The molecular formula is C30H36N4O4. The number of hydrogen-bond acceptors (Lipinski definition) is 5. The number of ether oxygens (including phenoxy) is 2. The molecule has 5 heterocycles.